The lowest BCUT2D eigenvalue weighted by molar-refractivity contribution is 0.459. The molecule has 0 saturated heterocycles. The molecule has 2 nitrogen and oxygen atoms in total. The summed E-state index contributed by atoms with van der Waals surface area (Å²) >= 11 is 0. The molecule has 0 aliphatic rings. The molecule has 0 aromatic rings. The van der Waals surface area contributed by atoms with Crippen LogP contribution in [0.1, 0.15) is 33.6 Å². The van der Waals surface area contributed by atoms with Crippen molar-refractivity contribution in [2.24, 2.45) is 11.8 Å². The Morgan fingerprint density at radius 3 is 2.11 bits per heavy atom. The topological polar surface area (TPSA) is 38.0 Å². The van der Waals surface area contributed by atoms with E-state index in [9.17, 15) is 0 Å². The molecule has 0 aliphatic carbocycles. The Balaban J connectivity index is 3.06. The quantitative estimate of drug-likeness (QED) is 0.444. The average Bonchev–Trinajstić information content (AvgIpc) is 1.83. The maximum atomic E-state index is 5.21. The van der Waals surface area contributed by atoms with Gasteiger partial charge in [-0.25, -0.2) is 0 Å². The maximum absolute atomic E-state index is 5.21. The van der Waals surface area contributed by atoms with Crippen molar-refractivity contribution in [1.29, 1.82) is 0 Å². The number of nitrogens with one attached hydrogen (secondary N) is 1. The molecule has 0 radical (unpaired) electrons. The first-order chi connectivity index (χ1) is 4.16. The van der Waals surface area contributed by atoms with Gasteiger partial charge in [0.2, 0.25) is 0 Å². The summed E-state index contributed by atoms with van der Waals surface area (Å²) in [6, 6.07) is 0.465. The second kappa shape index (κ2) is 4.77. The number of hydrogen-bond donors (Lipinski definition) is 2. The SMILES string of the molecule is CC(C)CCC(C)NN. The summed E-state index contributed by atoms with van der Waals surface area (Å²) in [7, 11) is 0. The van der Waals surface area contributed by atoms with Crippen LogP contribution >= 0.6 is 0 Å². The molecule has 3 N–H and O–H groups in total. The van der Waals surface area contributed by atoms with E-state index < -0.39 is 0 Å². The molecule has 0 spiro atoms. The van der Waals surface area contributed by atoms with E-state index in [1.165, 1.54) is 12.8 Å². The van der Waals surface area contributed by atoms with Crippen LogP contribution in [0.15, 0.2) is 0 Å². The summed E-state index contributed by atoms with van der Waals surface area (Å²) in [6.07, 6.45) is 2.43. The molecular weight excluding hydrogens is 112 g/mol. The van der Waals surface area contributed by atoms with Crippen LogP contribution in [0.3, 0.4) is 0 Å². The third-order valence-electron chi connectivity index (χ3n) is 1.46. The van der Waals surface area contributed by atoms with Crippen LogP contribution in [0.4, 0.5) is 0 Å². The Morgan fingerprint density at radius 1 is 1.22 bits per heavy atom. The monoisotopic (exact) mass is 130 g/mol. The number of hydrogen-bond acceptors (Lipinski definition) is 2. The summed E-state index contributed by atoms with van der Waals surface area (Å²) in [4.78, 5) is 0. The molecule has 56 valence electrons. The third-order valence-corrected chi connectivity index (χ3v) is 1.46. The van der Waals surface area contributed by atoms with Crippen molar-refractivity contribution in [2.45, 2.75) is 39.7 Å². The fraction of sp³-hybridized carbons (Fsp3) is 1.00. The molecule has 9 heavy (non-hydrogen) atoms. The fourth-order valence-corrected chi connectivity index (χ4v) is 0.667. The van der Waals surface area contributed by atoms with Crippen LogP contribution in [0, 0.1) is 5.92 Å². The van der Waals surface area contributed by atoms with Gasteiger partial charge in [-0.1, -0.05) is 13.8 Å². The minimum Gasteiger partial charge on any atom is -0.271 e. The van der Waals surface area contributed by atoms with E-state index in [0.717, 1.165) is 5.92 Å². The number of hydrazine groups is 1. The molecule has 0 aromatic heterocycles. The van der Waals surface area contributed by atoms with Gasteiger partial charge in [0.1, 0.15) is 0 Å². The van der Waals surface area contributed by atoms with Gasteiger partial charge in [0.05, 0.1) is 0 Å². The highest BCUT2D eigenvalue weighted by Gasteiger charge is 1.99. The lowest BCUT2D eigenvalue weighted by Crippen LogP contribution is -2.32. The summed E-state index contributed by atoms with van der Waals surface area (Å²) in [5.41, 5.74) is 2.72. The van der Waals surface area contributed by atoms with E-state index in [1.54, 1.807) is 0 Å². The Labute approximate surface area is 57.8 Å². The Morgan fingerprint density at radius 2 is 1.78 bits per heavy atom. The predicted molar refractivity (Wildman–Crippen MR) is 40.9 cm³/mol. The van der Waals surface area contributed by atoms with Crippen molar-refractivity contribution >= 4 is 0 Å². The predicted octanol–water partition coefficient (Wildman–Crippen LogP) is 1.27. The zero-order chi connectivity index (χ0) is 7.28. The van der Waals surface area contributed by atoms with Gasteiger partial charge in [-0.15, -0.1) is 0 Å². The van der Waals surface area contributed by atoms with E-state index in [-0.39, 0.29) is 0 Å². The van der Waals surface area contributed by atoms with Crippen molar-refractivity contribution < 1.29 is 0 Å². The van der Waals surface area contributed by atoms with Gasteiger partial charge < -0.3 is 0 Å². The second-order valence-electron chi connectivity index (χ2n) is 3.04. The van der Waals surface area contributed by atoms with Crippen molar-refractivity contribution in [3.05, 3.63) is 0 Å². The molecule has 0 rings (SSSR count). The van der Waals surface area contributed by atoms with Gasteiger partial charge in [-0.2, -0.15) is 0 Å². The van der Waals surface area contributed by atoms with E-state index in [1.807, 2.05) is 0 Å². The first kappa shape index (κ1) is 8.92. The van der Waals surface area contributed by atoms with Crippen LogP contribution in [0.5, 0.6) is 0 Å². The molecule has 2 heteroatoms. The highest BCUT2D eigenvalue weighted by atomic mass is 15.2. The van der Waals surface area contributed by atoms with E-state index >= 15 is 0 Å². The molecular formula is C7H18N2. The van der Waals surface area contributed by atoms with Crippen molar-refractivity contribution in [2.75, 3.05) is 0 Å². The van der Waals surface area contributed by atoms with E-state index in [4.69, 9.17) is 5.84 Å². The summed E-state index contributed by atoms with van der Waals surface area (Å²) in [5.74, 6) is 6.00. The van der Waals surface area contributed by atoms with Gasteiger partial charge >= 0.3 is 0 Å². The Kier molecular flexibility index (Phi) is 4.72. The van der Waals surface area contributed by atoms with Gasteiger partial charge in [0, 0.05) is 6.04 Å². The maximum Gasteiger partial charge on any atom is 0.0182 e. The molecule has 0 aromatic carbocycles. The summed E-state index contributed by atoms with van der Waals surface area (Å²) in [6.45, 7) is 6.55. The lowest BCUT2D eigenvalue weighted by atomic mass is 10.1. The fourth-order valence-electron chi connectivity index (χ4n) is 0.667. The van der Waals surface area contributed by atoms with Crippen molar-refractivity contribution in [3.8, 4) is 0 Å². The zero-order valence-corrected chi connectivity index (χ0v) is 6.65. The normalized spacial score (nSPS) is 14.3. The molecule has 0 aliphatic heterocycles. The van der Waals surface area contributed by atoms with Crippen LogP contribution in [-0.4, -0.2) is 6.04 Å². The van der Waals surface area contributed by atoms with Crippen molar-refractivity contribution in [1.82, 2.24) is 5.43 Å². The number of nitrogens with two attached hydrogens (primary N) is 1. The average molecular weight is 130 g/mol. The van der Waals surface area contributed by atoms with Gasteiger partial charge in [0.15, 0.2) is 0 Å². The first-order valence-corrected chi connectivity index (χ1v) is 3.63. The molecule has 0 heterocycles. The largest absolute Gasteiger partial charge is 0.271 e. The second-order valence-corrected chi connectivity index (χ2v) is 3.04. The summed E-state index contributed by atoms with van der Waals surface area (Å²) in [5, 5.41) is 0. The third kappa shape index (κ3) is 5.80. The first-order valence-electron chi connectivity index (χ1n) is 3.63. The molecule has 0 bridgehead atoms. The van der Waals surface area contributed by atoms with Crippen LogP contribution in [-0.2, 0) is 0 Å². The molecule has 0 saturated carbocycles. The number of rotatable bonds is 4. The van der Waals surface area contributed by atoms with Gasteiger partial charge in [-0.05, 0) is 25.7 Å². The van der Waals surface area contributed by atoms with Gasteiger partial charge in [-0.3, -0.25) is 11.3 Å². The van der Waals surface area contributed by atoms with Crippen LogP contribution in [0.25, 0.3) is 0 Å². The molecule has 1 unspecified atom stereocenters. The minimum atomic E-state index is 0.465. The highest BCUT2D eigenvalue weighted by Crippen LogP contribution is 2.05. The molecule has 0 amide bonds. The smallest absolute Gasteiger partial charge is 0.0182 e. The molecule has 0 fully saturated rings. The highest BCUT2D eigenvalue weighted by molar-refractivity contribution is 4.56. The summed E-state index contributed by atoms with van der Waals surface area (Å²) < 4.78 is 0. The zero-order valence-electron chi connectivity index (χ0n) is 6.65. The Bertz CT molecular complexity index is 61.9. The standard InChI is InChI=1S/C7H18N2/c1-6(2)4-5-7(3)9-8/h6-7,9H,4-5,8H2,1-3H3. The van der Waals surface area contributed by atoms with Crippen molar-refractivity contribution in [3.63, 3.8) is 0 Å². The van der Waals surface area contributed by atoms with E-state index in [2.05, 4.69) is 26.2 Å². The van der Waals surface area contributed by atoms with Crippen LogP contribution in [0.2, 0.25) is 0 Å². The minimum absolute atomic E-state index is 0.465. The molecule has 1 atom stereocenters. The van der Waals surface area contributed by atoms with Crippen LogP contribution < -0.4 is 11.3 Å². The Hall–Kier alpha value is -0.0800. The van der Waals surface area contributed by atoms with E-state index in [0.29, 0.717) is 6.04 Å². The van der Waals surface area contributed by atoms with Gasteiger partial charge in [0.25, 0.3) is 0 Å². The lowest BCUT2D eigenvalue weighted by Gasteiger charge is -2.10.